The smallest absolute Gasteiger partial charge is 0.251 e. The Morgan fingerprint density at radius 2 is 2.42 bits per heavy atom. The maximum absolute atomic E-state index is 12.2. The number of aromatic nitrogens is 2. The fourth-order valence-corrected chi connectivity index (χ4v) is 2.68. The first-order valence-corrected chi connectivity index (χ1v) is 8.40. The van der Waals surface area contributed by atoms with Crippen LogP contribution in [0, 0.1) is 0 Å². The highest BCUT2D eigenvalue weighted by atomic mass is 16.5. The van der Waals surface area contributed by atoms with Crippen LogP contribution in [0.1, 0.15) is 29.6 Å². The molecule has 1 aliphatic rings. The van der Waals surface area contributed by atoms with Crippen LogP contribution >= 0.6 is 0 Å². The summed E-state index contributed by atoms with van der Waals surface area (Å²) in [5.74, 6) is 0.625. The van der Waals surface area contributed by atoms with Gasteiger partial charge in [-0.1, -0.05) is 6.07 Å². The topological polar surface area (TPSA) is 65.4 Å². The van der Waals surface area contributed by atoms with E-state index in [9.17, 15) is 4.79 Å². The summed E-state index contributed by atoms with van der Waals surface area (Å²) < 4.78 is 13.3. The second kappa shape index (κ2) is 8.49. The van der Waals surface area contributed by atoms with E-state index in [1.54, 1.807) is 24.7 Å². The molecule has 2 heterocycles. The maximum Gasteiger partial charge on any atom is 0.251 e. The number of amides is 1. The number of carbonyl (C=O) groups excluding carboxylic acids is 1. The van der Waals surface area contributed by atoms with Crippen molar-refractivity contribution in [3.8, 4) is 5.75 Å². The lowest BCUT2D eigenvalue weighted by Gasteiger charge is -2.12. The van der Waals surface area contributed by atoms with Crippen LogP contribution in [0.4, 0.5) is 0 Å². The number of ether oxygens (including phenoxy) is 2. The van der Waals surface area contributed by atoms with Crippen molar-refractivity contribution in [1.82, 2.24) is 14.9 Å². The van der Waals surface area contributed by atoms with E-state index in [1.807, 2.05) is 22.9 Å². The molecule has 3 rings (SSSR count). The van der Waals surface area contributed by atoms with Crippen LogP contribution in [0.5, 0.6) is 5.75 Å². The van der Waals surface area contributed by atoms with Gasteiger partial charge in [-0.05, 0) is 37.5 Å². The summed E-state index contributed by atoms with van der Waals surface area (Å²) in [5.41, 5.74) is 0.613. The number of hydrogen-bond donors (Lipinski definition) is 1. The number of hydrogen-bond acceptors (Lipinski definition) is 4. The third-order valence-corrected chi connectivity index (χ3v) is 3.99. The fourth-order valence-electron chi connectivity index (χ4n) is 2.68. The van der Waals surface area contributed by atoms with Gasteiger partial charge in [0.2, 0.25) is 0 Å². The van der Waals surface area contributed by atoms with Crippen LogP contribution in [-0.2, 0) is 11.3 Å². The van der Waals surface area contributed by atoms with Gasteiger partial charge in [-0.25, -0.2) is 4.98 Å². The normalized spacial score (nSPS) is 16.9. The lowest BCUT2D eigenvalue weighted by atomic mass is 10.2. The number of nitrogens with zero attached hydrogens (tertiary/aromatic N) is 2. The van der Waals surface area contributed by atoms with Crippen molar-refractivity contribution < 1.29 is 14.3 Å². The van der Waals surface area contributed by atoms with Gasteiger partial charge in [0.1, 0.15) is 12.4 Å². The summed E-state index contributed by atoms with van der Waals surface area (Å²) in [6.45, 7) is 2.81. The molecule has 1 aromatic carbocycles. The highest BCUT2D eigenvalue weighted by Gasteiger charge is 2.16. The summed E-state index contributed by atoms with van der Waals surface area (Å²) in [5, 5.41) is 2.93. The van der Waals surface area contributed by atoms with Crippen molar-refractivity contribution in [2.45, 2.75) is 31.9 Å². The van der Waals surface area contributed by atoms with Crippen LogP contribution < -0.4 is 10.1 Å². The van der Waals surface area contributed by atoms with Gasteiger partial charge in [-0.3, -0.25) is 4.79 Å². The molecule has 0 radical (unpaired) electrons. The number of benzene rings is 1. The summed E-state index contributed by atoms with van der Waals surface area (Å²) in [6, 6.07) is 7.28. The predicted molar refractivity (Wildman–Crippen MR) is 90.1 cm³/mol. The minimum absolute atomic E-state index is 0.0804. The van der Waals surface area contributed by atoms with Crippen molar-refractivity contribution in [3.63, 3.8) is 0 Å². The number of nitrogens with one attached hydrogen (secondary N) is 1. The summed E-state index contributed by atoms with van der Waals surface area (Å²) >= 11 is 0. The third-order valence-electron chi connectivity index (χ3n) is 3.99. The molecule has 1 unspecified atom stereocenters. The zero-order chi connectivity index (χ0) is 16.6. The van der Waals surface area contributed by atoms with Crippen LogP contribution in [0.25, 0.3) is 0 Å². The van der Waals surface area contributed by atoms with E-state index in [0.29, 0.717) is 24.5 Å². The molecular formula is C18H23N3O3. The van der Waals surface area contributed by atoms with Gasteiger partial charge in [-0.15, -0.1) is 0 Å². The molecule has 1 saturated heterocycles. The van der Waals surface area contributed by atoms with Crippen molar-refractivity contribution >= 4 is 5.91 Å². The second-order valence-electron chi connectivity index (χ2n) is 5.88. The Labute approximate surface area is 141 Å². The first kappa shape index (κ1) is 16.5. The fraction of sp³-hybridized carbons (Fsp3) is 0.444. The number of carbonyl (C=O) groups is 1. The average Bonchev–Trinajstić information content (AvgIpc) is 3.30. The van der Waals surface area contributed by atoms with Crippen LogP contribution in [-0.4, -0.2) is 41.3 Å². The second-order valence-corrected chi connectivity index (χ2v) is 5.88. The average molecular weight is 329 g/mol. The molecule has 6 heteroatoms. The van der Waals surface area contributed by atoms with E-state index in [1.165, 1.54) is 0 Å². The van der Waals surface area contributed by atoms with Gasteiger partial charge >= 0.3 is 0 Å². The first-order chi connectivity index (χ1) is 11.8. The molecule has 1 amide bonds. The Kier molecular flexibility index (Phi) is 5.85. The molecule has 24 heavy (non-hydrogen) atoms. The minimum atomic E-state index is -0.0804. The van der Waals surface area contributed by atoms with Crippen molar-refractivity contribution in [2.75, 3.05) is 19.8 Å². The molecule has 1 fully saturated rings. The Morgan fingerprint density at radius 1 is 1.46 bits per heavy atom. The van der Waals surface area contributed by atoms with Crippen LogP contribution in [0.15, 0.2) is 43.0 Å². The standard InChI is InChI=1S/C18H23N3O3/c22-18(20-7-3-9-21-10-8-19-14-21)15-4-1-5-16(12-15)24-13-17-6-2-11-23-17/h1,4-5,8,10,12,14,17H,2-3,6-7,9,11,13H2,(H,20,22). The Balaban J connectivity index is 1.42. The van der Waals surface area contributed by atoms with E-state index in [-0.39, 0.29) is 12.0 Å². The Hall–Kier alpha value is -2.34. The van der Waals surface area contributed by atoms with Gasteiger partial charge in [0.15, 0.2) is 0 Å². The van der Waals surface area contributed by atoms with E-state index in [0.717, 1.165) is 32.4 Å². The van der Waals surface area contributed by atoms with Gasteiger partial charge < -0.3 is 19.4 Å². The molecule has 6 nitrogen and oxygen atoms in total. The van der Waals surface area contributed by atoms with Crippen LogP contribution in [0.2, 0.25) is 0 Å². The zero-order valence-electron chi connectivity index (χ0n) is 13.7. The largest absolute Gasteiger partial charge is 0.491 e. The summed E-state index contributed by atoms with van der Waals surface area (Å²) in [7, 11) is 0. The highest BCUT2D eigenvalue weighted by Crippen LogP contribution is 2.17. The van der Waals surface area contributed by atoms with E-state index < -0.39 is 0 Å². The molecule has 1 aromatic heterocycles. The van der Waals surface area contributed by atoms with Gasteiger partial charge in [0, 0.05) is 37.7 Å². The lowest BCUT2D eigenvalue weighted by Crippen LogP contribution is -2.25. The van der Waals surface area contributed by atoms with Gasteiger partial charge in [0.05, 0.1) is 12.4 Å². The molecule has 0 aliphatic carbocycles. The highest BCUT2D eigenvalue weighted by molar-refractivity contribution is 5.94. The van der Waals surface area contributed by atoms with E-state index in [2.05, 4.69) is 10.3 Å². The van der Waals surface area contributed by atoms with Crippen LogP contribution in [0.3, 0.4) is 0 Å². The summed E-state index contributed by atoms with van der Waals surface area (Å²) in [4.78, 5) is 16.2. The molecule has 1 N–H and O–H groups in total. The summed E-state index contributed by atoms with van der Waals surface area (Å²) in [6.07, 6.45) is 8.60. The van der Waals surface area contributed by atoms with Crippen molar-refractivity contribution in [2.24, 2.45) is 0 Å². The predicted octanol–water partition coefficient (Wildman–Crippen LogP) is 2.26. The molecule has 1 aliphatic heterocycles. The van der Waals surface area contributed by atoms with Gasteiger partial charge in [0.25, 0.3) is 5.91 Å². The number of rotatable bonds is 8. The molecule has 1 atom stereocenters. The van der Waals surface area contributed by atoms with Crippen molar-refractivity contribution in [3.05, 3.63) is 48.5 Å². The van der Waals surface area contributed by atoms with E-state index in [4.69, 9.17) is 9.47 Å². The van der Waals surface area contributed by atoms with Gasteiger partial charge in [-0.2, -0.15) is 0 Å². The molecule has 2 aromatic rings. The Morgan fingerprint density at radius 3 is 3.21 bits per heavy atom. The quantitative estimate of drug-likeness (QED) is 0.755. The first-order valence-electron chi connectivity index (χ1n) is 8.40. The third kappa shape index (κ3) is 4.83. The monoisotopic (exact) mass is 329 g/mol. The molecular weight excluding hydrogens is 306 g/mol. The lowest BCUT2D eigenvalue weighted by molar-refractivity contribution is 0.0679. The van der Waals surface area contributed by atoms with E-state index >= 15 is 0 Å². The zero-order valence-corrected chi connectivity index (χ0v) is 13.7. The molecule has 128 valence electrons. The number of aryl methyl sites for hydroxylation is 1. The number of imidazole rings is 1. The van der Waals surface area contributed by atoms with Crippen molar-refractivity contribution in [1.29, 1.82) is 0 Å². The SMILES string of the molecule is O=C(NCCCn1ccnc1)c1cccc(OCC2CCCO2)c1. The minimum Gasteiger partial charge on any atom is -0.491 e. The maximum atomic E-state index is 12.2. The Bertz CT molecular complexity index is 637. The molecule has 0 spiro atoms. The molecule has 0 bridgehead atoms. The molecule has 0 saturated carbocycles.